The predicted octanol–water partition coefficient (Wildman–Crippen LogP) is 4.27. The Morgan fingerprint density at radius 1 is 1.20 bits per heavy atom. The Kier molecular flexibility index (Phi) is 4.48. The van der Waals surface area contributed by atoms with E-state index in [4.69, 9.17) is 0 Å². The number of benzene rings is 1. The summed E-state index contributed by atoms with van der Waals surface area (Å²) in [6.07, 6.45) is 5.28. The number of thiazole rings is 1. The van der Waals surface area contributed by atoms with Gasteiger partial charge in [0.15, 0.2) is 0 Å². The molecule has 106 valence electrons. The van der Waals surface area contributed by atoms with E-state index in [9.17, 15) is 0 Å². The first kappa shape index (κ1) is 13.8. The highest BCUT2D eigenvalue weighted by molar-refractivity contribution is 7.09. The largest absolute Gasteiger partial charge is 0.308 e. The predicted molar refractivity (Wildman–Crippen MR) is 85.1 cm³/mol. The average molecular weight is 286 g/mol. The van der Waals surface area contributed by atoms with Crippen molar-refractivity contribution in [1.29, 1.82) is 0 Å². The number of hydrogen-bond acceptors (Lipinski definition) is 3. The van der Waals surface area contributed by atoms with Gasteiger partial charge in [0.2, 0.25) is 0 Å². The zero-order valence-corrected chi connectivity index (χ0v) is 12.8. The smallest absolute Gasteiger partial charge is 0.0897 e. The van der Waals surface area contributed by atoms with Crippen molar-refractivity contribution in [2.75, 3.05) is 0 Å². The van der Waals surface area contributed by atoms with Gasteiger partial charge in [-0.15, -0.1) is 11.3 Å². The minimum Gasteiger partial charge on any atom is -0.308 e. The molecule has 0 spiro atoms. The van der Waals surface area contributed by atoms with Crippen molar-refractivity contribution in [3.05, 3.63) is 52.0 Å². The summed E-state index contributed by atoms with van der Waals surface area (Å²) >= 11 is 1.74. The number of rotatable bonds is 4. The highest BCUT2D eigenvalue weighted by Gasteiger charge is 2.25. The molecule has 2 unspecified atom stereocenters. The summed E-state index contributed by atoms with van der Waals surface area (Å²) in [5.41, 5.74) is 2.67. The Morgan fingerprint density at radius 3 is 2.75 bits per heavy atom. The zero-order chi connectivity index (χ0) is 13.8. The van der Waals surface area contributed by atoms with Crippen LogP contribution < -0.4 is 5.32 Å². The molecule has 1 saturated carbocycles. The van der Waals surface area contributed by atoms with E-state index in [2.05, 4.69) is 52.9 Å². The van der Waals surface area contributed by atoms with Gasteiger partial charge >= 0.3 is 0 Å². The first-order valence-electron chi connectivity index (χ1n) is 7.52. The Bertz CT molecular complexity index is 535. The van der Waals surface area contributed by atoms with Crippen LogP contribution in [0.2, 0.25) is 0 Å². The fourth-order valence-corrected chi connectivity index (χ4v) is 3.81. The molecule has 0 radical (unpaired) electrons. The molecule has 1 aliphatic carbocycles. The molecule has 0 amide bonds. The SMILES string of the molecule is Cc1nc(CNC2CCCCC2c2ccccc2)cs1. The van der Waals surface area contributed by atoms with Crippen LogP contribution in [0.3, 0.4) is 0 Å². The summed E-state index contributed by atoms with van der Waals surface area (Å²) < 4.78 is 0. The summed E-state index contributed by atoms with van der Waals surface area (Å²) in [5, 5.41) is 7.07. The third-order valence-corrected chi connectivity index (χ3v) is 5.03. The van der Waals surface area contributed by atoms with E-state index < -0.39 is 0 Å². The molecule has 0 aliphatic heterocycles. The van der Waals surface area contributed by atoms with Crippen LogP contribution in [0, 0.1) is 6.92 Å². The first-order valence-corrected chi connectivity index (χ1v) is 8.40. The standard InChI is InChI=1S/C17H22N2S/c1-13-19-15(12-20-13)11-18-17-10-6-5-9-16(17)14-7-3-2-4-8-14/h2-4,7-8,12,16-18H,5-6,9-11H2,1H3. The van der Waals surface area contributed by atoms with Crippen molar-refractivity contribution in [1.82, 2.24) is 10.3 Å². The average Bonchev–Trinajstić information content (AvgIpc) is 2.92. The van der Waals surface area contributed by atoms with Crippen LogP contribution in [0.1, 0.15) is 47.9 Å². The maximum Gasteiger partial charge on any atom is 0.0897 e. The zero-order valence-electron chi connectivity index (χ0n) is 12.0. The van der Waals surface area contributed by atoms with Gasteiger partial charge in [-0.2, -0.15) is 0 Å². The minimum absolute atomic E-state index is 0.591. The third kappa shape index (κ3) is 3.28. The van der Waals surface area contributed by atoms with Crippen LogP contribution in [0.15, 0.2) is 35.7 Å². The van der Waals surface area contributed by atoms with Gasteiger partial charge in [-0.25, -0.2) is 4.98 Å². The lowest BCUT2D eigenvalue weighted by Crippen LogP contribution is -2.36. The van der Waals surface area contributed by atoms with E-state index in [1.165, 1.54) is 36.9 Å². The Labute approximate surface area is 125 Å². The maximum absolute atomic E-state index is 4.55. The lowest BCUT2D eigenvalue weighted by molar-refractivity contribution is 0.325. The van der Waals surface area contributed by atoms with Gasteiger partial charge in [0.05, 0.1) is 10.7 Å². The Hall–Kier alpha value is -1.19. The van der Waals surface area contributed by atoms with Crippen LogP contribution in [-0.4, -0.2) is 11.0 Å². The van der Waals surface area contributed by atoms with Crippen molar-refractivity contribution < 1.29 is 0 Å². The minimum atomic E-state index is 0.591. The highest BCUT2D eigenvalue weighted by Crippen LogP contribution is 2.33. The molecule has 3 rings (SSSR count). The Morgan fingerprint density at radius 2 is 2.00 bits per heavy atom. The fraction of sp³-hybridized carbons (Fsp3) is 0.471. The van der Waals surface area contributed by atoms with Crippen molar-refractivity contribution in [2.24, 2.45) is 0 Å². The molecule has 1 aliphatic rings. The molecule has 1 aromatic carbocycles. The topological polar surface area (TPSA) is 24.9 Å². The van der Waals surface area contributed by atoms with Gasteiger partial charge in [0.1, 0.15) is 0 Å². The van der Waals surface area contributed by atoms with Crippen LogP contribution in [0.4, 0.5) is 0 Å². The number of nitrogens with zero attached hydrogens (tertiary/aromatic N) is 1. The van der Waals surface area contributed by atoms with E-state index in [0.717, 1.165) is 11.6 Å². The van der Waals surface area contributed by atoms with Crippen LogP contribution in [0.25, 0.3) is 0 Å². The second kappa shape index (κ2) is 6.51. The van der Waals surface area contributed by atoms with E-state index in [1.54, 1.807) is 11.3 Å². The summed E-state index contributed by atoms with van der Waals surface area (Å²) in [4.78, 5) is 4.55. The second-order valence-corrected chi connectivity index (χ2v) is 6.71. The molecule has 2 atom stereocenters. The normalized spacial score (nSPS) is 22.9. The molecule has 2 nitrogen and oxygen atoms in total. The van der Waals surface area contributed by atoms with Gasteiger partial charge in [-0.05, 0) is 31.2 Å². The van der Waals surface area contributed by atoms with Gasteiger partial charge in [-0.1, -0.05) is 43.2 Å². The Balaban J connectivity index is 1.66. The fourth-order valence-electron chi connectivity index (χ4n) is 3.20. The quantitative estimate of drug-likeness (QED) is 0.908. The van der Waals surface area contributed by atoms with Gasteiger partial charge in [-0.3, -0.25) is 0 Å². The molecule has 3 heteroatoms. The molecule has 2 aromatic rings. The van der Waals surface area contributed by atoms with Crippen molar-refractivity contribution in [3.63, 3.8) is 0 Å². The molecule has 1 aromatic heterocycles. The summed E-state index contributed by atoms with van der Waals surface area (Å²) in [6.45, 7) is 2.97. The number of hydrogen-bond donors (Lipinski definition) is 1. The monoisotopic (exact) mass is 286 g/mol. The van der Waals surface area contributed by atoms with Crippen LogP contribution >= 0.6 is 11.3 Å². The van der Waals surface area contributed by atoms with E-state index in [-0.39, 0.29) is 0 Å². The van der Waals surface area contributed by atoms with Crippen molar-refractivity contribution in [3.8, 4) is 0 Å². The summed E-state index contributed by atoms with van der Waals surface area (Å²) in [5.74, 6) is 0.657. The van der Waals surface area contributed by atoms with Crippen LogP contribution in [-0.2, 0) is 6.54 Å². The molecule has 1 heterocycles. The summed E-state index contributed by atoms with van der Waals surface area (Å²) in [6, 6.07) is 11.6. The summed E-state index contributed by atoms with van der Waals surface area (Å²) in [7, 11) is 0. The molecular formula is C17H22N2S. The van der Waals surface area contributed by atoms with Crippen molar-refractivity contribution in [2.45, 2.75) is 51.1 Å². The second-order valence-electron chi connectivity index (χ2n) is 5.65. The number of nitrogens with one attached hydrogen (secondary N) is 1. The van der Waals surface area contributed by atoms with Crippen LogP contribution in [0.5, 0.6) is 0 Å². The lowest BCUT2D eigenvalue weighted by atomic mass is 9.80. The van der Waals surface area contributed by atoms with E-state index in [0.29, 0.717) is 12.0 Å². The van der Waals surface area contributed by atoms with Gasteiger partial charge in [0, 0.05) is 18.0 Å². The molecular weight excluding hydrogens is 264 g/mol. The third-order valence-electron chi connectivity index (χ3n) is 4.21. The molecule has 20 heavy (non-hydrogen) atoms. The van der Waals surface area contributed by atoms with Crippen molar-refractivity contribution >= 4 is 11.3 Å². The van der Waals surface area contributed by atoms with E-state index >= 15 is 0 Å². The number of aromatic nitrogens is 1. The molecule has 0 bridgehead atoms. The highest BCUT2D eigenvalue weighted by atomic mass is 32.1. The number of aryl methyl sites for hydroxylation is 1. The van der Waals surface area contributed by atoms with Gasteiger partial charge in [0.25, 0.3) is 0 Å². The van der Waals surface area contributed by atoms with E-state index in [1.807, 2.05) is 0 Å². The lowest BCUT2D eigenvalue weighted by Gasteiger charge is -2.32. The van der Waals surface area contributed by atoms with Gasteiger partial charge < -0.3 is 5.32 Å². The molecule has 1 fully saturated rings. The maximum atomic E-state index is 4.55. The first-order chi connectivity index (χ1) is 9.83. The molecule has 0 saturated heterocycles. The molecule has 1 N–H and O–H groups in total.